The molecule has 0 aromatic heterocycles. The van der Waals surface area contributed by atoms with Crippen molar-refractivity contribution in [3.8, 4) is 0 Å². The van der Waals surface area contributed by atoms with Gasteiger partial charge in [0, 0.05) is 31.5 Å². The van der Waals surface area contributed by atoms with Crippen molar-refractivity contribution < 1.29 is 30.9 Å². The summed E-state index contributed by atoms with van der Waals surface area (Å²) in [5, 5.41) is 1.62. The van der Waals surface area contributed by atoms with Crippen LogP contribution in [0.4, 0.5) is 0 Å². The normalized spacial score (nSPS) is 24.4. The Morgan fingerprint density at radius 3 is 1.69 bits per heavy atom. The molecule has 0 N–H and O–H groups in total. The third-order valence-corrected chi connectivity index (χ3v) is 20.1. The molecule has 9 nitrogen and oxygen atoms in total. The minimum atomic E-state index is -4.30. The van der Waals surface area contributed by atoms with Gasteiger partial charge in [-0.2, -0.15) is 4.31 Å². The van der Waals surface area contributed by atoms with E-state index in [0.29, 0.717) is 0 Å². The van der Waals surface area contributed by atoms with Crippen LogP contribution in [-0.4, -0.2) is 70.7 Å². The van der Waals surface area contributed by atoms with Crippen molar-refractivity contribution >= 4 is 50.4 Å². The standard InChI is InChI=1S/C40H44N2O7S2Si/c1-39(2,3)52(35-20-12-6-13-21-35,36-22-14-7-15-23-36)49-29-31-28-40-30(24-25-41(38(40)44)50(45,46)33-16-8-4-9-17-33)26-32(43)27-37(40)42(31)51(47,48)34-18-10-5-11-19-34/h4-23,30-31,37H,24-29H2,1-3H3/t30-,31+,37-,40-/m0/s1. The van der Waals surface area contributed by atoms with E-state index in [9.17, 15) is 21.6 Å². The summed E-state index contributed by atoms with van der Waals surface area (Å²) in [5.74, 6) is -1.31. The Hall–Kier alpha value is -3.94. The number of hydrogen-bond acceptors (Lipinski definition) is 7. The first kappa shape index (κ1) is 36.4. The maximum Gasteiger partial charge on any atom is 0.266 e. The number of carbonyl (C=O) groups excluding carboxylic acids is 2. The number of amides is 1. The minimum absolute atomic E-state index is 0.0139. The van der Waals surface area contributed by atoms with Crippen LogP contribution >= 0.6 is 0 Å². The lowest BCUT2D eigenvalue weighted by atomic mass is 9.59. The highest BCUT2D eigenvalue weighted by molar-refractivity contribution is 7.89. The molecule has 4 atom stereocenters. The van der Waals surface area contributed by atoms with Gasteiger partial charge in [0.1, 0.15) is 5.78 Å². The lowest BCUT2D eigenvalue weighted by molar-refractivity contribution is -0.152. The Morgan fingerprint density at radius 1 is 0.712 bits per heavy atom. The molecular formula is C40H44N2O7S2Si. The fraction of sp³-hybridized carbons (Fsp3) is 0.350. The topological polar surface area (TPSA) is 118 Å². The van der Waals surface area contributed by atoms with Gasteiger partial charge in [0.25, 0.3) is 18.3 Å². The van der Waals surface area contributed by atoms with E-state index in [2.05, 4.69) is 45.0 Å². The van der Waals surface area contributed by atoms with E-state index in [1.165, 1.54) is 28.6 Å². The zero-order valence-corrected chi connectivity index (χ0v) is 32.2. The third kappa shape index (κ3) is 5.79. The highest BCUT2D eigenvalue weighted by Gasteiger charge is 2.69. The van der Waals surface area contributed by atoms with Crippen LogP contribution < -0.4 is 10.4 Å². The summed E-state index contributed by atoms with van der Waals surface area (Å²) in [5.41, 5.74) is -1.45. The van der Waals surface area contributed by atoms with Crippen LogP contribution in [0.15, 0.2) is 131 Å². The summed E-state index contributed by atoms with van der Waals surface area (Å²) < 4.78 is 67.5. The molecule has 12 heteroatoms. The molecule has 0 radical (unpaired) electrons. The van der Waals surface area contributed by atoms with Crippen LogP contribution in [0.3, 0.4) is 0 Å². The maximum absolute atomic E-state index is 15.0. The van der Waals surface area contributed by atoms with Crippen molar-refractivity contribution in [3.63, 3.8) is 0 Å². The van der Waals surface area contributed by atoms with Crippen molar-refractivity contribution in [2.45, 2.75) is 73.4 Å². The van der Waals surface area contributed by atoms with E-state index in [0.717, 1.165) is 14.7 Å². The number of ketones is 1. The second-order valence-corrected chi connectivity index (χ2v) is 23.2. The van der Waals surface area contributed by atoms with Gasteiger partial charge < -0.3 is 4.43 Å². The zero-order chi connectivity index (χ0) is 36.9. The number of hydrogen-bond donors (Lipinski definition) is 0. The quantitative estimate of drug-likeness (QED) is 0.221. The van der Waals surface area contributed by atoms with E-state index in [4.69, 9.17) is 4.43 Å². The Morgan fingerprint density at radius 2 is 1.19 bits per heavy atom. The maximum atomic E-state index is 15.0. The van der Waals surface area contributed by atoms with E-state index in [1.807, 2.05) is 36.4 Å². The SMILES string of the molecule is CC(C)(C)[Si](OC[C@H]1C[C@]23C(=O)N(S(=O)(=O)c4ccccc4)CC[C@H]2CC(=O)C[C@@H]3N1S(=O)(=O)c1ccccc1)(c1ccccc1)c1ccccc1. The van der Waals surface area contributed by atoms with Gasteiger partial charge in [-0.15, -0.1) is 0 Å². The largest absolute Gasteiger partial charge is 0.406 e. The van der Waals surface area contributed by atoms with Gasteiger partial charge in [-0.05, 0) is 58.4 Å². The fourth-order valence-corrected chi connectivity index (χ4v) is 17.0. The van der Waals surface area contributed by atoms with Gasteiger partial charge in [0.15, 0.2) is 0 Å². The molecule has 4 aromatic carbocycles. The number of carbonyl (C=O) groups is 2. The van der Waals surface area contributed by atoms with E-state index in [-0.39, 0.29) is 54.4 Å². The summed E-state index contributed by atoms with van der Waals surface area (Å²) in [6.07, 6.45) is 0.174. The first-order chi connectivity index (χ1) is 24.7. The van der Waals surface area contributed by atoms with Gasteiger partial charge in [-0.25, -0.2) is 21.1 Å². The molecule has 1 saturated carbocycles. The van der Waals surface area contributed by atoms with Crippen molar-refractivity contribution in [1.82, 2.24) is 8.61 Å². The molecule has 0 unspecified atom stereocenters. The minimum Gasteiger partial charge on any atom is -0.406 e. The first-order valence-corrected chi connectivity index (χ1v) is 22.5. The molecule has 0 bridgehead atoms. The number of rotatable bonds is 9. The van der Waals surface area contributed by atoms with Crippen molar-refractivity contribution in [3.05, 3.63) is 121 Å². The molecule has 2 saturated heterocycles. The van der Waals surface area contributed by atoms with Gasteiger partial charge in [0.2, 0.25) is 15.9 Å². The van der Waals surface area contributed by atoms with Crippen molar-refractivity contribution in [1.29, 1.82) is 0 Å². The number of sulfonamides is 2. The molecule has 1 aliphatic carbocycles. The lowest BCUT2D eigenvalue weighted by Crippen LogP contribution is -2.67. The number of benzene rings is 4. The summed E-state index contributed by atoms with van der Waals surface area (Å²) in [6.45, 7) is 6.26. The van der Waals surface area contributed by atoms with E-state index >= 15 is 4.79 Å². The lowest BCUT2D eigenvalue weighted by Gasteiger charge is -2.50. The van der Waals surface area contributed by atoms with E-state index in [1.54, 1.807) is 36.4 Å². The molecule has 3 fully saturated rings. The molecule has 2 heterocycles. The van der Waals surface area contributed by atoms with Crippen LogP contribution in [0.2, 0.25) is 5.04 Å². The van der Waals surface area contributed by atoms with Crippen LogP contribution in [0, 0.1) is 11.3 Å². The molecule has 2 aliphatic heterocycles. The molecular weight excluding hydrogens is 713 g/mol. The summed E-state index contributed by atoms with van der Waals surface area (Å²) >= 11 is 0. The monoisotopic (exact) mass is 756 g/mol. The Labute approximate surface area is 307 Å². The number of piperidine rings is 1. The van der Waals surface area contributed by atoms with Gasteiger partial charge >= 0.3 is 0 Å². The number of nitrogens with zero attached hydrogens (tertiary/aromatic N) is 2. The average Bonchev–Trinajstić information content (AvgIpc) is 3.48. The average molecular weight is 757 g/mol. The Kier molecular flexibility index (Phi) is 9.44. The molecule has 4 aromatic rings. The van der Waals surface area contributed by atoms with Crippen LogP contribution in [0.5, 0.6) is 0 Å². The molecule has 1 amide bonds. The smallest absolute Gasteiger partial charge is 0.266 e. The zero-order valence-electron chi connectivity index (χ0n) is 29.6. The van der Waals surface area contributed by atoms with Crippen LogP contribution in [0.1, 0.15) is 46.5 Å². The third-order valence-electron chi connectivity index (χ3n) is 11.3. The fourth-order valence-electron chi connectivity index (χ4n) is 9.08. The highest BCUT2D eigenvalue weighted by atomic mass is 32.2. The second-order valence-electron chi connectivity index (χ2n) is 15.2. The molecule has 1 spiro atoms. The summed E-state index contributed by atoms with van der Waals surface area (Å²) in [7, 11) is -11.7. The highest BCUT2D eigenvalue weighted by Crippen LogP contribution is 2.58. The first-order valence-electron chi connectivity index (χ1n) is 17.7. The summed E-state index contributed by atoms with van der Waals surface area (Å²) in [6, 6.07) is 33.9. The van der Waals surface area contributed by atoms with Gasteiger partial charge in [-0.3, -0.25) is 9.59 Å². The van der Waals surface area contributed by atoms with Crippen molar-refractivity contribution in [2.24, 2.45) is 11.3 Å². The van der Waals surface area contributed by atoms with Crippen LogP contribution in [0.25, 0.3) is 0 Å². The summed E-state index contributed by atoms with van der Waals surface area (Å²) in [4.78, 5) is 28.6. The number of Topliss-reactive ketones (excluding diaryl/α,β-unsaturated/α-hetero) is 1. The predicted octanol–water partition coefficient (Wildman–Crippen LogP) is 4.98. The van der Waals surface area contributed by atoms with Gasteiger partial charge in [-0.1, -0.05) is 118 Å². The van der Waals surface area contributed by atoms with Crippen molar-refractivity contribution in [2.75, 3.05) is 13.2 Å². The molecule has 272 valence electrons. The Balaban J connectivity index is 1.38. The molecule has 52 heavy (non-hydrogen) atoms. The van der Waals surface area contributed by atoms with E-state index < -0.39 is 62.7 Å². The second kappa shape index (κ2) is 13.5. The predicted molar refractivity (Wildman–Crippen MR) is 201 cm³/mol. The molecule has 7 rings (SSSR count). The molecule has 3 aliphatic rings. The van der Waals surface area contributed by atoms with Gasteiger partial charge in [0.05, 0.1) is 21.8 Å². The van der Waals surface area contributed by atoms with Crippen LogP contribution in [-0.2, 0) is 34.1 Å². The Bertz CT molecular complexity index is 2120.